The topological polar surface area (TPSA) is 46.5 Å². The van der Waals surface area contributed by atoms with Crippen LogP contribution in [0.25, 0.3) is 0 Å². The molecule has 0 saturated carbocycles. The van der Waals surface area contributed by atoms with Gasteiger partial charge < -0.3 is 9.84 Å². The van der Waals surface area contributed by atoms with E-state index in [-0.39, 0.29) is 5.75 Å². The number of aromatic hydroxyl groups is 1. The number of Topliss-reactive ketones (excluding diaryl/α,β-unsaturated/α-hetero) is 1. The molecule has 0 aliphatic rings. The zero-order chi connectivity index (χ0) is 14.8. The van der Waals surface area contributed by atoms with E-state index in [4.69, 9.17) is 4.74 Å². The Kier molecular flexibility index (Phi) is 7.78. The molecule has 0 aliphatic carbocycles. The molecule has 0 fully saturated rings. The Labute approximate surface area is 122 Å². The largest absolute Gasteiger partial charge is 0.504 e. The fourth-order valence-electron chi connectivity index (χ4n) is 2.23. The van der Waals surface area contributed by atoms with Crippen LogP contribution in [0.1, 0.15) is 57.4 Å². The number of hydrogen-bond acceptors (Lipinski definition) is 3. The first-order valence-electron chi connectivity index (χ1n) is 7.55. The maximum Gasteiger partial charge on any atom is 0.160 e. The average molecular weight is 278 g/mol. The molecule has 1 rings (SSSR count). The lowest BCUT2D eigenvalue weighted by atomic mass is 10.0. The highest BCUT2D eigenvalue weighted by atomic mass is 16.5. The Hall–Kier alpha value is -1.51. The molecule has 1 aromatic rings. The Bertz CT molecular complexity index is 413. The summed E-state index contributed by atoms with van der Waals surface area (Å²) in [7, 11) is 1.55. The molecular formula is C17H26O3. The summed E-state index contributed by atoms with van der Waals surface area (Å²) in [6.07, 6.45) is 7.62. The highest BCUT2D eigenvalue weighted by Gasteiger charge is 2.04. The molecule has 0 amide bonds. The number of hydrogen-bond donors (Lipinski definition) is 1. The number of carbonyl (C=O) groups excluding carboxylic acids is 1. The maximum atomic E-state index is 11.6. The number of carbonyl (C=O) groups is 1. The van der Waals surface area contributed by atoms with Gasteiger partial charge >= 0.3 is 0 Å². The molecule has 1 N–H and O–H groups in total. The summed E-state index contributed by atoms with van der Waals surface area (Å²) in [6, 6.07) is 5.42. The summed E-state index contributed by atoms with van der Waals surface area (Å²) in [5.41, 5.74) is 1.14. The standard InChI is InChI=1S/C17H26O3/c1-3-4-5-9-15(18)10-7-6-8-14-11-12-16(19)17(13-14)20-2/h11-13,19H,3-10H2,1-2H3. The van der Waals surface area contributed by atoms with Gasteiger partial charge in [0.2, 0.25) is 0 Å². The third kappa shape index (κ3) is 6.09. The van der Waals surface area contributed by atoms with Crippen LogP contribution in [-0.4, -0.2) is 18.0 Å². The van der Waals surface area contributed by atoms with Gasteiger partial charge in [-0.3, -0.25) is 4.79 Å². The lowest BCUT2D eigenvalue weighted by Crippen LogP contribution is -1.98. The molecule has 1 aromatic carbocycles. The number of unbranched alkanes of at least 4 members (excludes halogenated alkanes) is 3. The number of ether oxygens (including phenoxy) is 1. The monoisotopic (exact) mass is 278 g/mol. The minimum absolute atomic E-state index is 0.169. The predicted octanol–water partition coefficient (Wildman–Crippen LogP) is 4.26. The predicted molar refractivity (Wildman–Crippen MR) is 81.4 cm³/mol. The van der Waals surface area contributed by atoms with Crippen molar-refractivity contribution in [1.29, 1.82) is 0 Å². The van der Waals surface area contributed by atoms with E-state index in [0.29, 0.717) is 18.0 Å². The molecule has 3 nitrogen and oxygen atoms in total. The fourth-order valence-corrected chi connectivity index (χ4v) is 2.23. The van der Waals surface area contributed by atoms with Crippen molar-refractivity contribution in [2.24, 2.45) is 0 Å². The number of benzene rings is 1. The number of aryl methyl sites for hydroxylation is 1. The second-order valence-electron chi connectivity index (χ2n) is 5.21. The first-order chi connectivity index (χ1) is 9.67. The Morgan fingerprint density at radius 1 is 1.15 bits per heavy atom. The van der Waals surface area contributed by atoms with Crippen molar-refractivity contribution >= 4 is 5.78 Å². The van der Waals surface area contributed by atoms with Crippen LogP contribution in [0.2, 0.25) is 0 Å². The molecule has 0 aromatic heterocycles. The van der Waals surface area contributed by atoms with E-state index in [0.717, 1.165) is 50.5 Å². The normalized spacial score (nSPS) is 10.5. The summed E-state index contributed by atoms with van der Waals surface area (Å²) in [5.74, 6) is 1.07. The zero-order valence-electron chi connectivity index (χ0n) is 12.7. The van der Waals surface area contributed by atoms with Crippen LogP contribution in [0.15, 0.2) is 18.2 Å². The SMILES string of the molecule is CCCCCC(=O)CCCCc1ccc(O)c(OC)c1. The van der Waals surface area contributed by atoms with Crippen molar-refractivity contribution in [3.05, 3.63) is 23.8 Å². The molecule has 112 valence electrons. The van der Waals surface area contributed by atoms with Crippen LogP contribution in [-0.2, 0) is 11.2 Å². The molecule has 20 heavy (non-hydrogen) atoms. The minimum Gasteiger partial charge on any atom is -0.504 e. The summed E-state index contributed by atoms with van der Waals surface area (Å²) in [5, 5.41) is 9.51. The van der Waals surface area contributed by atoms with Crippen LogP contribution < -0.4 is 4.74 Å². The van der Waals surface area contributed by atoms with Crippen molar-refractivity contribution in [3.63, 3.8) is 0 Å². The molecule has 0 spiro atoms. The van der Waals surface area contributed by atoms with Crippen molar-refractivity contribution in [2.45, 2.75) is 58.3 Å². The molecule has 0 saturated heterocycles. The van der Waals surface area contributed by atoms with Gasteiger partial charge in [0.05, 0.1) is 7.11 Å². The van der Waals surface area contributed by atoms with Gasteiger partial charge in [-0.05, 0) is 43.4 Å². The van der Waals surface area contributed by atoms with E-state index in [1.807, 2.05) is 12.1 Å². The summed E-state index contributed by atoms with van der Waals surface area (Å²) in [4.78, 5) is 11.6. The highest BCUT2D eigenvalue weighted by molar-refractivity contribution is 5.78. The summed E-state index contributed by atoms with van der Waals surface area (Å²) in [6.45, 7) is 2.15. The molecule has 0 heterocycles. The average Bonchev–Trinajstić information content (AvgIpc) is 2.45. The lowest BCUT2D eigenvalue weighted by Gasteiger charge is -2.06. The second-order valence-corrected chi connectivity index (χ2v) is 5.21. The van der Waals surface area contributed by atoms with E-state index in [2.05, 4.69) is 6.92 Å². The van der Waals surface area contributed by atoms with Crippen LogP contribution in [0.4, 0.5) is 0 Å². The van der Waals surface area contributed by atoms with E-state index >= 15 is 0 Å². The molecule has 0 aliphatic heterocycles. The van der Waals surface area contributed by atoms with Gasteiger partial charge in [0.25, 0.3) is 0 Å². The third-order valence-corrected chi connectivity index (χ3v) is 3.47. The van der Waals surface area contributed by atoms with Gasteiger partial charge in [0.15, 0.2) is 11.5 Å². The quantitative estimate of drug-likeness (QED) is 0.650. The van der Waals surface area contributed by atoms with Crippen molar-refractivity contribution < 1.29 is 14.6 Å². The molecule has 0 radical (unpaired) electrons. The van der Waals surface area contributed by atoms with Gasteiger partial charge in [-0.2, -0.15) is 0 Å². The number of phenolic OH excluding ortho intramolecular Hbond substituents is 1. The fraction of sp³-hybridized carbons (Fsp3) is 0.588. The zero-order valence-corrected chi connectivity index (χ0v) is 12.7. The lowest BCUT2D eigenvalue weighted by molar-refractivity contribution is -0.119. The maximum absolute atomic E-state index is 11.6. The van der Waals surface area contributed by atoms with E-state index < -0.39 is 0 Å². The van der Waals surface area contributed by atoms with Crippen LogP contribution in [0, 0.1) is 0 Å². The first kappa shape index (κ1) is 16.5. The van der Waals surface area contributed by atoms with Gasteiger partial charge in [0, 0.05) is 12.8 Å². The molecule has 3 heteroatoms. The Balaban J connectivity index is 2.22. The van der Waals surface area contributed by atoms with E-state index in [1.54, 1.807) is 13.2 Å². The van der Waals surface area contributed by atoms with Gasteiger partial charge in [-0.15, -0.1) is 0 Å². The minimum atomic E-state index is 0.169. The van der Waals surface area contributed by atoms with Gasteiger partial charge in [0.1, 0.15) is 5.78 Å². The molecule has 0 unspecified atom stereocenters. The number of ketones is 1. The number of rotatable bonds is 10. The Morgan fingerprint density at radius 3 is 2.50 bits per heavy atom. The second kappa shape index (κ2) is 9.40. The van der Waals surface area contributed by atoms with Gasteiger partial charge in [-0.1, -0.05) is 25.8 Å². The highest BCUT2D eigenvalue weighted by Crippen LogP contribution is 2.26. The van der Waals surface area contributed by atoms with Gasteiger partial charge in [-0.25, -0.2) is 0 Å². The van der Waals surface area contributed by atoms with Crippen molar-refractivity contribution in [1.82, 2.24) is 0 Å². The molecule has 0 bridgehead atoms. The van der Waals surface area contributed by atoms with Crippen LogP contribution in [0.3, 0.4) is 0 Å². The van der Waals surface area contributed by atoms with Crippen molar-refractivity contribution in [3.8, 4) is 11.5 Å². The Morgan fingerprint density at radius 2 is 1.85 bits per heavy atom. The van der Waals surface area contributed by atoms with E-state index in [9.17, 15) is 9.90 Å². The smallest absolute Gasteiger partial charge is 0.160 e. The van der Waals surface area contributed by atoms with E-state index in [1.165, 1.54) is 0 Å². The van der Waals surface area contributed by atoms with Crippen molar-refractivity contribution in [2.75, 3.05) is 7.11 Å². The third-order valence-electron chi connectivity index (χ3n) is 3.47. The number of methoxy groups -OCH3 is 1. The summed E-state index contributed by atoms with van der Waals surface area (Å²) < 4.78 is 5.08. The van der Waals surface area contributed by atoms with Crippen LogP contribution >= 0.6 is 0 Å². The number of phenols is 1. The molecular weight excluding hydrogens is 252 g/mol. The summed E-state index contributed by atoms with van der Waals surface area (Å²) >= 11 is 0. The first-order valence-corrected chi connectivity index (χ1v) is 7.55. The van der Waals surface area contributed by atoms with Crippen LogP contribution in [0.5, 0.6) is 11.5 Å². The molecule has 0 atom stereocenters.